The number of carbonyl (C=O) groups is 1. The van der Waals surface area contributed by atoms with E-state index < -0.39 is 0 Å². The normalized spacial score (nSPS) is 11.9. The number of carbonyl (C=O) groups excluding carboxylic acids is 1. The van der Waals surface area contributed by atoms with Gasteiger partial charge < -0.3 is 15.6 Å². The number of amides is 1. The van der Waals surface area contributed by atoms with Crippen molar-refractivity contribution >= 4 is 22.8 Å². The van der Waals surface area contributed by atoms with Gasteiger partial charge in [-0.25, -0.2) is 15.4 Å². The van der Waals surface area contributed by atoms with Crippen LogP contribution < -0.4 is 16.1 Å². The molecule has 1 amide bonds. The van der Waals surface area contributed by atoms with Gasteiger partial charge in [0, 0.05) is 24.7 Å². The lowest BCUT2D eigenvalue weighted by molar-refractivity contribution is -0.129. The summed E-state index contributed by atoms with van der Waals surface area (Å²) >= 11 is 0. The van der Waals surface area contributed by atoms with Gasteiger partial charge >= 0.3 is 0 Å². The van der Waals surface area contributed by atoms with E-state index >= 15 is 0 Å². The first kappa shape index (κ1) is 23.4. The van der Waals surface area contributed by atoms with Gasteiger partial charge in [-0.3, -0.25) is 10.0 Å². The average Bonchev–Trinajstić information content (AvgIpc) is 3.32. The lowest BCUT2D eigenvalue weighted by atomic mass is 10.1. The second kappa shape index (κ2) is 11.4. The van der Waals surface area contributed by atoms with Crippen LogP contribution in [-0.2, 0) is 11.3 Å². The molecule has 0 unspecified atom stereocenters. The number of benzene rings is 2. The number of hydrogen-bond acceptors (Lipinski definition) is 6. The van der Waals surface area contributed by atoms with Gasteiger partial charge in [0.15, 0.2) is 0 Å². The molecule has 8 heteroatoms. The quantitative estimate of drug-likeness (QED) is 0.128. The van der Waals surface area contributed by atoms with Gasteiger partial charge in [0.25, 0.3) is 0 Å². The Morgan fingerprint density at radius 3 is 2.62 bits per heavy atom. The monoisotopic (exact) mass is 458 g/mol. The van der Waals surface area contributed by atoms with Crippen molar-refractivity contribution < 1.29 is 10.0 Å². The fourth-order valence-electron chi connectivity index (χ4n) is 3.87. The Balaban J connectivity index is 1.37. The van der Waals surface area contributed by atoms with E-state index in [1.54, 1.807) is 11.8 Å². The summed E-state index contributed by atoms with van der Waals surface area (Å²) in [5.41, 5.74) is 6.91. The van der Waals surface area contributed by atoms with Gasteiger partial charge in [-0.2, -0.15) is 0 Å². The van der Waals surface area contributed by atoms with E-state index in [-0.39, 0.29) is 11.9 Å². The number of rotatable bonds is 11. The molecule has 0 saturated carbocycles. The first-order valence-corrected chi connectivity index (χ1v) is 11.5. The molecule has 0 aliphatic carbocycles. The largest absolute Gasteiger partial charge is 0.363 e. The lowest BCUT2D eigenvalue weighted by Gasteiger charge is -2.15. The number of aromatic amines is 1. The molecular formula is C26H30N6O2. The van der Waals surface area contributed by atoms with Crippen LogP contribution in [0.1, 0.15) is 43.4 Å². The number of hydroxylamine groups is 1. The third-order valence-electron chi connectivity index (χ3n) is 5.80. The van der Waals surface area contributed by atoms with E-state index in [0.29, 0.717) is 6.42 Å². The Morgan fingerprint density at radius 2 is 1.85 bits per heavy atom. The highest BCUT2D eigenvalue weighted by Gasteiger charge is 2.12. The summed E-state index contributed by atoms with van der Waals surface area (Å²) in [6.07, 6.45) is 3.53. The van der Waals surface area contributed by atoms with Crippen molar-refractivity contribution in [2.75, 3.05) is 11.9 Å². The first-order valence-electron chi connectivity index (χ1n) is 11.5. The molecule has 4 rings (SSSR count). The minimum atomic E-state index is -0.341. The van der Waals surface area contributed by atoms with Gasteiger partial charge in [-0.15, -0.1) is 0 Å². The summed E-state index contributed by atoms with van der Waals surface area (Å²) in [4.78, 5) is 23.3. The van der Waals surface area contributed by atoms with Crippen molar-refractivity contribution in [3.05, 3.63) is 78.1 Å². The maximum atomic E-state index is 11.0. The van der Waals surface area contributed by atoms with Crippen LogP contribution in [0, 0.1) is 0 Å². The fourth-order valence-corrected chi connectivity index (χ4v) is 3.87. The molecule has 2 aromatic heterocycles. The molecule has 2 aromatic carbocycles. The minimum Gasteiger partial charge on any atom is -0.363 e. The van der Waals surface area contributed by atoms with Crippen LogP contribution in [0.2, 0.25) is 0 Å². The predicted molar refractivity (Wildman–Crippen MR) is 133 cm³/mol. The third kappa shape index (κ3) is 5.98. The van der Waals surface area contributed by atoms with E-state index in [1.807, 2.05) is 18.2 Å². The van der Waals surface area contributed by atoms with Crippen molar-refractivity contribution in [1.82, 2.24) is 25.7 Å². The van der Waals surface area contributed by atoms with Gasteiger partial charge in [0.2, 0.25) is 5.91 Å². The molecule has 0 aliphatic rings. The molecule has 0 bridgehead atoms. The van der Waals surface area contributed by atoms with Crippen molar-refractivity contribution in [3.63, 3.8) is 0 Å². The molecule has 0 radical (unpaired) electrons. The zero-order chi connectivity index (χ0) is 23.8. The predicted octanol–water partition coefficient (Wildman–Crippen LogP) is 4.56. The molecule has 0 saturated heterocycles. The number of anilines is 1. The number of H-pyrrole nitrogens is 1. The summed E-state index contributed by atoms with van der Waals surface area (Å²) < 4.78 is 0. The number of nitrogens with one attached hydrogen (secondary N) is 4. The third-order valence-corrected chi connectivity index (χ3v) is 5.80. The standard InChI is InChI=1S/C26H30N6O2/c1-18(20-7-3-2-4-8-20)30-25-22-15-23(31-26(22)29-17-28-25)21-12-10-19(11-13-21)16-27-14-6-5-9-24(33)32-34/h2-4,7-8,10-13,15,17-18,27,34H,5-6,9,14,16H2,1H3,(H,32,33)(H2,28,29,30,31)/t18-/m1/s1. The van der Waals surface area contributed by atoms with Gasteiger partial charge in [0.1, 0.15) is 17.8 Å². The smallest absolute Gasteiger partial charge is 0.243 e. The summed E-state index contributed by atoms with van der Waals surface area (Å²) in [7, 11) is 0. The molecule has 0 aliphatic heterocycles. The van der Waals surface area contributed by atoms with E-state index in [0.717, 1.165) is 54.0 Å². The molecule has 2 heterocycles. The molecule has 5 N–H and O–H groups in total. The van der Waals surface area contributed by atoms with Gasteiger partial charge in [0.05, 0.1) is 5.39 Å². The number of unbranched alkanes of at least 4 members (excludes halogenated alkanes) is 1. The van der Waals surface area contributed by atoms with Crippen LogP contribution in [0.5, 0.6) is 0 Å². The Kier molecular flexibility index (Phi) is 7.85. The highest BCUT2D eigenvalue weighted by atomic mass is 16.5. The number of aromatic nitrogens is 3. The summed E-state index contributed by atoms with van der Waals surface area (Å²) in [5.74, 6) is 0.466. The highest BCUT2D eigenvalue weighted by molar-refractivity contribution is 5.91. The van der Waals surface area contributed by atoms with Crippen LogP contribution >= 0.6 is 0 Å². The van der Waals surface area contributed by atoms with Crippen LogP contribution in [0.3, 0.4) is 0 Å². The van der Waals surface area contributed by atoms with E-state index in [9.17, 15) is 4.79 Å². The zero-order valence-electron chi connectivity index (χ0n) is 19.2. The average molecular weight is 459 g/mol. The minimum absolute atomic E-state index is 0.122. The molecule has 0 spiro atoms. The Labute approximate surface area is 198 Å². The van der Waals surface area contributed by atoms with Crippen molar-refractivity contribution in [3.8, 4) is 11.3 Å². The van der Waals surface area contributed by atoms with Crippen molar-refractivity contribution in [2.45, 2.75) is 38.8 Å². The van der Waals surface area contributed by atoms with Crippen LogP contribution in [-0.4, -0.2) is 32.6 Å². The van der Waals surface area contributed by atoms with E-state index in [2.05, 4.69) is 75.0 Å². The van der Waals surface area contributed by atoms with Crippen molar-refractivity contribution in [1.29, 1.82) is 0 Å². The maximum Gasteiger partial charge on any atom is 0.243 e. The summed E-state index contributed by atoms with van der Waals surface area (Å²) in [6, 6.07) is 20.9. The number of hydrogen-bond donors (Lipinski definition) is 5. The van der Waals surface area contributed by atoms with Gasteiger partial charge in [-0.05, 0) is 49.1 Å². The SMILES string of the molecule is C[C@@H](Nc1ncnc2[nH]c(-c3ccc(CNCCCCC(=O)NO)cc3)cc12)c1ccccc1. The summed E-state index contributed by atoms with van der Waals surface area (Å²) in [5, 5.41) is 16.3. The summed E-state index contributed by atoms with van der Waals surface area (Å²) in [6.45, 7) is 3.70. The number of fused-ring (bicyclic) bond motifs is 1. The Bertz CT molecular complexity index is 1210. The Morgan fingerprint density at radius 1 is 1.06 bits per heavy atom. The molecule has 1 atom stereocenters. The Hall–Kier alpha value is -3.75. The highest BCUT2D eigenvalue weighted by Crippen LogP contribution is 2.29. The van der Waals surface area contributed by atoms with Crippen LogP contribution in [0.25, 0.3) is 22.3 Å². The lowest BCUT2D eigenvalue weighted by Crippen LogP contribution is -2.19. The topological polar surface area (TPSA) is 115 Å². The second-order valence-electron chi connectivity index (χ2n) is 8.31. The molecule has 34 heavy (non-hydrogen) atoms. The first-order chi connectivity index (χ1) is 16.6. The van der Waals surface area contributed by atoms with Crippen LogP contribution in [0.15, 0.2) is 67.0 Å². The molecule has 0 fully saturated rings. The van der Waals surface area contributed by atoms with E-state index in [1.165, 1.54) is 11.1 Å². The molecule has 176 valence electrons. The molecule has 4 aromatic rings. The zero-order valence-corrected chi connectivity index (χ0v) is 19.2. The molecule has 8 nitrogen and oxygen atoms in total. The maximum absolute atomic E-state index is 11.0. The van der Waals surface area contributed by atoms with Crippen molar-refractivity contribution in [2.24, 2.45) is 0 Å². The number of nitrogens with zero attached hydrogens (tertiary/aromatic N) is 2. The van der Waals surface area contributed by atoms with E-state index in [4.69, 9.17) is 5.21 Å². The fraction of sp³-hybridized carbons (Fsp3) is 0.269. The van der Waals surface area contributed by atoms with Gasteiger partial charge in [-0.1, -0.05) is 54.6 Å². The second-order valence-corrected chi connectivity index (χ2v) is 8.31. The van der Waals surface area contributed by atoms with Crippen LogP contribution in [0.4, 0.5) is 5.82 Å². The molecular weight excluding hydrogens is 428 g/mol.